The fraction of sp³-hybridized carbons (Fsp3) is 0.429. The molecule has 2 saturated carbocycles. The highest BCUT2D eigenvalue weighted by molar-refractivity contribution is 5.49. The van der Waals surface area contributed by atoms with Crippen LogP contribution in [0.4, 0.5) is 26.3 Å². The van der Waals surface area contributed by atoms with Crippen LogP contribution < -0.4 is 11.1 Å². The van der Waals surface area contributed by atoms with Gasteiger partial charge in [-0.25, -0.2) is 35.7 Å². The molecule has 0 spiro atoms. The quantitative estimate of drug-likeness (QED) is 0.186. The minimum absolute atomic E-state index is 0. The van der Waals surface area contributed by atoms with Crippen LogP contribution in [0.2, 0.25) is 0 Å². The summed E-state index contributed by atoms with van der Waals surface area (Å²) in [6.45, 7) is 12.8. The Morgan fingerprint density at radius 3 is 1.70 bits per heavy atom. The van der Waals surface area contributed by atoms with Crippen LogP contribution in [0.1, 0.15) is 115 Å². The monoisotopic (exact) mass is 750 g/mol. The number of nitrogens with one attached hydrogen (secondary N) is 1. The Labute approximate surface area is 309 Å². The summed E-state index contributed by atoms with van der Waals surface area (Å²) in [5.74, 6) is -4.27. The van der Waals surface area contributed by atoms with Gasteiger partial charge in [-0.3, -0.25) is 19.4 Å². The molecule has 4 aliphatic carbocycles. The molecule has 0 radical (unpaired) electrons. The van der Waals surface area contributed by atoms with Gasteiger partial charge in [-0.15, -0.1) is 0 Å². The zero-order chi connectivity index (χ0) is 38.2. The van der Waals surface area contributed by atoms with E-state index in [2.05, 4.69) is 46.6 Å². The summed E-state index contributed by atoms with van der Waals surface area (Å²) >= 11 is 0. The zero-order valence-corrected chi connectivity index (χ0v) is 30.3. The summed E-state index contributed by atoms with van der Waals surface area (Å²) in [6, 6.07) is 9.56. The molecule has 0 saturated heterocycles. The SMILES string of the molecule is C.CC1(C)[C@@H]2CC[C@@]1(C)c1[nH]n(-c3ccc(F)cc3F)c(=O)c12.CC1(C)[C@@H]2CC[C@@]1(C)c1c2c(=O)n(-c2ccc(F)cc2F)n1Cc1ccc(F)cc1F. The summed E-state index contributed by atoms with van der Waals surface area (Å²) in [4.78, 5) is 26.4. The van der Waals surface area contributed by atoms with Gasteiger partial charge in [0.2, 0.25) is 0 Å². The van der Waals surface area contributed by atoms with Gasteiger partial charge in [-0.05, 0) is 78.7 Å². The molecule has 0 unspecified atom stereocenters. The Balaban J connectivity index is 0.000000173. The van der Waals surface area contributed by atoms with Crippen molar-refractivity contribution < 1.29 is 26.3 Å². The lowest BCUT2D eigenvalue weighted by Gasteiger charge is -2.36. The van der Waals surface area contributed by atoms with E-state index in [1.807, 2.05) is 0 Å². The van der Waals surface area contributed by atoms with Crippen LogP contribution >= 0.6 is 0 Å². The molecule has 2 heterocycles. The van der Waals surface area contributed by atoms with Crippen LogP contribution in [0.5, 0.6) is 0 Å². The van der Waals surface area contributed by atoms with Crippen LogP contribution in [0.25, 0.3) is 11.4 Å². The molecule has 0 amide bonds. The summed E-state index contributed by atoms with van der Waals surface area (Å²) < 4.78 is 87.4. The largest absolute Gasteiger partial charge is 0.294 e. The van der Waals surface area contributed by atoms with Crippen LogP contribution in [0, 0.1) is 45.7 Å². The van der Waals surface area contributed by atoms with Gasteiger partial charge in [0, 0.05) is 51.4 Å². The molecule has 2 fully saturated rings. The van der Waals surface area contributed by atoms with E-state index in [0.29, 0.717) is 5.56 Å². The van der Waals surface area contributed by atoms with Crippen molar-refractivity contribution in [2.24, 2.45) is 10.8 Å². The molecule has 2 aromatic heterocycles. The van der Waals surface area contributed by atoms with Crippen LogP contribution in [0.15, 0.2) is 64.2 Å². The van der Waals surface area contributed by atoms with E-state index in [0.717, 1.165) is 79.0 Å². The number of fused-ring (bicyclic) bond motifs is 10. The van der Waals surface area contributed by atoms with Gasteiger partial charge in [0.15, 0.2) is 11.6 Å². The molecule has 1 N–H and O–H groups in total. The summed E-state index contributed by atoms with van der Waals surface area (Å²) in [5, 5.41) is 3.11. The zero-order valence-electron chi connectivity index (χ0n) is 30.3. The van der Waals surface area contributed by atoms with E-state index in [1.54, 1.807) is 4.68 Å². The third-order valence-electron chi connectivity index (χ3n) is 14.0. The number of hydrogen-bond donors (Lipinski definition) is 1. The smallest absolute Gasteiger partial charge is 0.275 e. The number of hydrogen-bond acceptors (Lipinski definition) is 2. The third kappa shape index (κ3) is 4.86. The summed E-state index contributed by atoms with van der Waals surface area (Å²) in [7, 11) is 0. The number of aromatic amines is 1. The molecular formula is C42H44F6N4O2. The van der Waals surface area contributed by atoms with Crippen molar-refractivity contribution >= 4 is 0 Å². The maximum Gasteiger partial charge on any atom is 0.275 e. The molecule has 286 valence electrons. The fourth-order valence-corrected chi connectivity index (χ4v) is 10.2. The molecule has 12 heteroatoms. The van der Waals surface area contributed by atoms with Crippen molar-refractivity contribution in [1.29, 1.82) is 0 Å². The third-order valence-corrected chi connectivity index (χ3v) is 14.0. The second kappa shape index (κ2) is 12.1. The lowest BCUT2D eigenvalue weighted by Crippen LogP contribution is -2.36. The molecule has 4 aliphatic rings. The van der Waals surface area contributed by atoms with Crippen LogP contribution in [-0.2, 0) is 17.4 Å². The number of aromatic nitrogens is 4. The normalized spacial score (nSPS) is 24.9. The fourth-order valence-electron chi connectivity index (χ4n) is 10.2. The Morgan fingerprint density at radius 1 is 0.648 bits per heavy atom. The van der Waals surface area contributed by atoms with E-state index >= 15 is 0 Å². The predicted octanol–water partition coefficient (Wildman–Crippen LogP) is 9.67. The Bertz CT molecular complexity index is 2470. The number of nitrogens with zero attached hydrogens (tertiary/aromatic N) is 3. The molecule has 9 rings (SSSR count). The molecule has 6 nitrogen and oxygen atoms in total. The average molecular weight is 751 g/mol. The Hall–Kier alpha value is -4.74. The van der Waals surface area contributed by atoms with Gasteiger partial charge in [0.25, 0.3) is 11.1 Å². The van der Waals surface area contributed by atoms with Gasteiger partial charge < -0.3 is 0 Å². The molecule has 5 aromatic rings. The first-order valence-corrected chi connectivity index (χ1v) is 17.9. The Morgan fingerprint density at radius 2 is 1.15 bits per heavy atom. The minimum atomic E-state index is -0.879. The highest BCUT2D eigenvalue weighted by atomic mass is 19.2. The maximum absolute atomic E-state index is 14.8. The minimum Gasteiger partial charge on any atom is -0.294 e. The van der Waals surface area contributed by atoms with Crippen LogP contribution in [0.3, 0.4) is 0 Å². The van der Waals surface area contributed by atoms with E-state index in [9.17, 15) is 35.9 Å². The summed E-state index contributed by atoms with van der Waals surface area (Å²) in [6.07, 6.45) is 3.69. The first-order chi connectivity index (χ1) is 24.8. The van der Waals surface area contributed by atoms with Gasteiger partial charge >= 0.3 is 0 Å². The van der Waals surface area contributed by atoms with Gasteiger partial charge in [0.1, 0.15) is 34.6 Å². The first kappa shape index (κ1) is 37.6. The van der Waals surface area contributed by atoms with E-state index in [-0.39, 0.29) is 75.5 Å². The second-order valence-corrected chi connectivity index (χ2v) is 16.7. The standard InChI is InChI=1S/C24H22F4N2O.C17H18F2N2O.CH4/c1-23(2)16-8-9-24(23,3)21-20(16)22(31)30(19-7-6-15(26)11-18(19)28)29(21)12-13-4-5-14(25)10-17(13)27;1-16(2)10-6-7-17(16,3)14-13(10)15(22)21(20-14)12-5-4-9(18)8-11(12)19;/h4-7,10-11,16H,8-9,12H2,1-3H3;4-5,8,10,20H,6-7H2,1-3H3;1H4/t16-,24+;10-,17+;/m11./s1. The molecule has 4 bridgehead atoms. The first-order valence-electron chi connectivity index (χ1n) is 17.9. The van der Waals surface area contributed by atoms with Gasteiger partial charge in [-0.1, -0.05) is 55.0 Å². The summed E-state index contributed by atoms with van der Waals surface area (Å²) in [5.41, 5.74) is 2.00. The lowest BCUT2D eigenvalue weighted by atomic mass is 9.70. The van der Waals surface area contributed by atoms with Crippen molar-refractivity contribution in [1.82, 2.24) is 19.1 Å². The molecular weight excluding hydrogens is 706 g/mol. The van der Waals surface area contributed by atoms with Crippen LogP contribution in [-0.4, -0.2) is 19.1 Å². The van der Waals surface area contributed by atoms with E-state index in [1.165, 1.54) is 27.6 Å². The lowest BCUT2D eigenvalue weighted by molar-refractivity contribution is 0.216. The van der Waals surface area contributed by atoms with E-state index in [4.69, 9.17) is 0 Å². The van der Waals surface area contributed by atoms with Crippen molar-refractivity contribution in [2.75, 3.05) is 0 Å². The highest BCUT2D eigenvalue weighted by Crippen LogP contribution is 2.68. The second-order valence-electron chi connectivity index (χ2n) is 16.7. The van der Waals surface area contributed by atoms with Gasteiger partial charge in [0.05, 0.1) is 12.2 Å². The number of rotatable bonds is 4. The molecule has 54 heavy (non-hydrogen) atoms. The van der Waals surface area contributed by atoms with E-state index < -0.39 is 34.9 Å². The van der Waals surface area contributed by atoms with Crippen molar-refractivity contribution in [3.8, 4) is 11.4 Å². The number of halogens is 6. The van der Waals surface area contributed by atoms with Crippen molar-refractivity contribution in [3.63, 3.8) is 0 Å². The molecule has 4 atom stereocenters. The molecule has 0 aliphatic heterocycles. The maximum atomic E-state index is 14.8. The van der Waals surface area contributed by atoms with Crippen molar-refractivity contribution in [3.05, 3.63) is 138 Å². The molecule has 3 aromatic carbocycles. The topological polar surface area (TPSA) is 64.7 Å². The Kier molecular flexibility index (Phi) is 8.44. The highest BCUT2D eigenvalue weighted by Gasteiger charge is 2.63. The number of benzene rings is 3. The predicted molar refractivity (Wildman–Crippen MR) is 195 cm³/mol. The van der Waals surface area contributed by atoms with Gasteiger partial charge in [-0.2, -0.15) is 0 Å². The number of H-pyrrole nitrogens is 1. The average Bonchev–Trinajstić information content (AvgIpc) is 3.79. The van der Waals surface area contributed by atoms with Crippen molar-refractivity contribution in [2.45, 2.75) is 104 Å².